The number of carbonyl (C=O) groups excluding carboxylic acids is 2. The predicted octanol–water partition coefficient (Wildman–Crippen LogP) is 3.58. The van der Waals surface area contributed by atoms with E-state index in [4.69, 9.17) is 0 Å². The van der Waals surface area contributed by atoms with Crippen molar-refractivity contribution >= 4 is 23.2 Å². The van der Waals surface area contributed by atoms with E-state index in [1.54, 1.807) is 24.3 Å². The first kappa shape index (κ1) is 17.5. The molecule has 0 bridgehead atoms. The van der Waals surface area contributed by atoms with Crippen LogP contribution < -0.4 is 5.32 Å². The zero-order valence-electron chi connectivity index (χ0n) is 14.9. The molecule has 3 aromatic carbocycles. The molecule has 0 aromatic heterocycles. The van der Waals surface area contributed by atoms with Gasteiger partial charge >= 0.3 is 0 Å². The molecular formula is C22H17N3O3. The van der Waals surface area contributed by atoms with Crippen LogP contribution in [0.2, 0.25) is 0 Å². The van der Waals surface area contributed by atoms with E-state index in [1.165, 1.54) is 4.90 Å². The smallest absolute Gasteiger partial charge is 0.263 e. The number of nitrogens with zero attached hydrogens (tertiary/aromatic N) is 2. The minimum absolute atomic E-state index is 0.0108. The summed E-state index contributed by atoms with van der Waals surface area (Å²) in [6.07, 6.45) is 0. The fourth-order valence-electron chi connectivity index (χ4n) is 3.25. The predicted molar refractivity (Wildman–Crippen MR) is 106 cm³/mol. The third-order valence-corrected chi connectivity index (χ3v) is 4.64. The number of rotatable bonds is 5. The number of anilines is 1. The quantitative estimate of drug-likeness (QED) is 0.311. The molecule has 2 N–H and O–H groups in total. The summed E-state index contributed by atoms with van der Waals surface area (Å²) in [6.45, 7) is 0.0108. The number of hydrogen-bond donors (Lipinski definition) is 2. The molecule has 1 aliphatic rings. The molecule has 1 aliphatic heterocycles. The lowest BCUT2D eigenvalue weighted by atomic mass is 10.0. The van der Waals surface area contributed by atoms with Crippen LogP contribution in [0.5, 0.6) is 0 Å². The van der Waals surface area contributed by atoms with Crippen LogP contribution >= 0.6 is 0 Å². The summed E-state index contributed by atoms with van der Waals surface area (Å²) in [5, 5.41) is 16.2. The van der Waals surface area contributed by atoms with Gasteiger partial charge in [-0.1, -0.05) is 65.8 Å². The van der Waals surface area contributed by atoms with Crippen LogP contribution in [0, 0.1) is 0 Å². The number of carbonyl (C=O) groups is 2. The third-order valence-electron chi connectivity index (χ3n) is 4.64. The number of benzene rings is 3. The van der Waals surface area contributed by atoms with Crippen molar-refractivity contribution < 1.29 is 14.8 Å². The summed E-state index contributed by atoms with van der Waals surface area (Å²) in [5.41, 5.74) is 3.27. The van der Waals surface area contributed by atoms with Crippen LogP contribution in [0.4, 0.5) is 5.69 Å². The van der Waals surface area contributed by atoms with Gasteiger partial charge in [-0.05, 0) is 18.2 Å². The molecule has 6 heteroatoms. The van der Waals surface area contributed by atoms with E-state index in [9.17, 15) is 14.8 Å². The number of imide groups is 1. The molecule has 0 aliphatic carbocycles. The second kappa shape index (κ2) is 7.36. The van der Waals surface area contributed by atoms with Gasteiger partial charge in [-0.15, -0.1) is 0 Å². The highest BCUT2D eigenvalue weighted by molar-refractivity contribution is 6.21. The molecule has 0 spiro atoms. The average molecular weight is 371 g/mol. The van der Waals surface area contributed by atoms with Gasteiger partial charge in [-0.3, -0.25) is 14.5 Å². The van der Waals surface area contributed by atoms with Crippen molar-refractivity contribution in [3.8, 4) is 0 Å². The number of nitrogens with one attached hydrogen (secondary N) is 1. The van der Waals surface area contributed by atoms with E-state index >= 15 is 0 Å². The minimum atomic E-state index is -0.329. The second-order valence-electron chi connectivity index (χ2n) is 6.28. The summed E-state index contributed by atoms with van der Waals surface area (Å²) in [5.74, 6) is -0.658. The molecule has 0 saturated heterocycles. The largest absolute Gasteiger partial charge is 0.410 e. The van der Waals surface area contributed by atoms with E-state index in [-0.39, 0.29) is 18.5 Å². The average Bonchev–Trinajstić information content (AvgIpc) is 2.99. The van der Waals surface area contributed by atoms with Gasteiger partial charge in [0.15, 0.2) is 0 Å². The first-order valence-corrected chi connectivity index (χ1v) is 8.76. The highest BCUT2D eigenvalue weighted by Gasteiger charge is 2.34. The Bertz CT molecular complexity index is 1040. The van der Waals surface area contributed by atoms with Crippen molar-refractivity contribution in [2.75, 3.05) is 12.0 Å². The Balaban J connectivity index is 1.59. The number of hydrogen-bond acceptors (Lipinski definition) is 5. The Morgan fingerprint density at radius 3 is 2.04 bits per heavy atom. The molecule has 6 nitrogen and oxygen atoms in total. The molecule has 3 aromatic rings. The molecule has 0 saturated carbocycles. The topological polar surface area (TPSA) is 82.0 Å². The maximum Gasteiger partial charge on any atom is 0.263 e. The molecular weight excluding hydrogens is 354 g/mol. The van der Waals surface area contributed by atoms with E-state index in [0.717, 1.165) is 5.56 Å². The molecule has 4 rings (SSSR count). The van der Waals surface area contributed by atoms with Crippen molar-refractivity contribution in [2.45, 2.75) is 0 Å². The van der Waals surface area contributed by atoms with E-state index in [2.05, 4.69) is 10.5 Å². The van der Waals surface area contributed by atoms with Crippen molar-refractivity contribution in [3.05, 3.63) is 101 Å². The molecule has 138 valence electrons. The summed E-state index contributed by atoms with van der Waals surface area (Å²) >= 11 is 0. The Hall–Kier alpha value is -3.93. The van der Waals surface area contributed by atoms with Crippen LogP contribution in [-0.2, 0) is 0 Å². The molecule has 2 amide bonds. The van der Waals surface area contributed by atoms with Gasteiger partial charge in [0.2, 0.25) is 0 Å². The van der Waals surface area contributed by atoms with Crippen molar-refractivity contribution in [1.82, 2.24) is 4.90 Å². The Morgan fingerprint density at radius 2 is 1.39 bits per heavy atom. The first-order chi connectivity index (χ1) is 13.7. The molecule has 28 heavy (non-hydrogen) atoms. The standard InChI is InChI=1S/C22H17N3O3/c26-21-16-10-4-5-11-17(16)22(27)25(21)14-23-19-13-7-6-12-18(19)20(24-28)15-8-2-1-3-9-15/h1-13,23,28H,14H2/b24-20+. The minimum Gasteiger partial charge on any atom is -0.410 e. The van der Waals surface area contributed by atoms with Crippen LogP contribution in [0.25, 0.3) is 0 Å². The lowest BCUT2D eigenvalue weighted by Gasteiger charge is -2.18. The summed E-state index contributed by atoms with van der Waals surface area (Å²) in [7, 11) is 0. The lowest BCUT2D eigenvalue weighted by molar-refractivity contribution is 0.0666. The number of para-hydroxylation sites is 1. The van der Waals surface area contributed by atoms with E-state index in [1.807, 2.05) is 54.6 Å². The molecule has 0 fully saturated rings. The van der Waals surface area contributed by atoms with E-state index in [0.29, 0.717) is 28.1 Å². The van der Waals surface area contributed by atoms with Crippen LogP contribution in [-0.4, -0.2) is 34.3 Å². The second-order valence-corrected chi connectivity index (χ2v) is 6.28. The molecule has 1 heterocycles. The van der Waals surface area contributed by atoms with Gasteiger partial charge in [-0.25, -0.2) is 0 Å². The van der Waals surface area contributed by atoms with Crippen molar-refractivity contribution in [1.29, 1.82) is 0 Å². The summed E-state index contributed by atoms with van der Waals surface area (Å²) < 4.78 is 0. The van der Waals surface area contributed by atoms with Gasteiger partial charge in [0, 0.05) is 16.8 Å². The van der Waals surface area contributed by atoms with Gasteiger partial charge < -0.3 is 10.5 Å². The van der Waals surface area contributed by atoms with Crippen molar-refractivity contribution in [2.24, 2.45) is 5.16 Å². The van der Waals surface area contributed by atoms with Gasteiger partial charge in [-0.2, -0.15) is 0 Å². The first-order valence-electron chi connectivity index (χ1n) is 8.76. The monoisotopic (exact) mass is 371 g/mol. The van der Waals surface area contributed by atoms with Gasteiger partial charge in [0.1, 0.15) is 5.71 Å². The number of fused-ring (bicyclic) bond motifs is 1. The maximum absolute atomic E-state index is 12.5. The molecule has 0 unspecified atom stereocenters. The Morgan fingerprint density at radius 1 is 0.821 bits per heavy atom. The van der Waals surface area contributed by atoms with E-state index < -0.39 is 0 Å². The lowest BCUT2D eigenvalue weighted by Crippen LogP contribution is -2.34. The van der Waals surface area contributed by atoms with Crippen LogP contribution in [0.3, 0.4) is 0 Å². The molecule has 0 atom stereocenters. The fraction of sp³-hybridized carbons (Fsp3) is 0.0455. The highest BCUT2D eigenvalue weighted by Crippen LogP contribution is 2.24. The van der Waals surface area contributed by atoms with Crippen molar-refractivity contribution in [3.63, 3.8) is 0 Å². The Kier molecular flexibility index (Phi) is 4.60. The normalized spacial score (nSPS) is 13.6. The number of oxime groups is 1. The molecule has 0 radical (unpaired) electrons. The summed E-state index contributed by atoms with van der Waals surface area (Å²) in [6, 6.07) is 23.3. The maximum atomic E-state index is 12.5. The van der Waals surface area contributed by atoms with Crippen LogP contribution in [0.1, 0.15) is 31.8 Å². The van der Waals surface area contributed by atoms with Crippen LogP contribution in [0.15, 0.2) is 84.0 Å². The third kappa shape index (κ3) is 3.01. The number of amides is 2. The zero-order valence-corrected chi connectivity index (χ0v) is 14.9. The zero-order chi connectivity index (χ0) is 19.5. The van der Waals surface area contributed by atoms with Gasteiger partial charge in [0.05, 0.1) is 17.8 Å². The SMILES string of the molecule is O=C1c2ccccc2C(=O)N1CNc1ccccc1/C(=N/O)c1ccccc1. The summed E-state index contributed by atoms with van der Waals surface area (Å²) in [4.78, 5) is 26.2. The highest BCUT2D eigenvalue weighted by atomic mass is 16.4. The fourth-order valence-corrected chi connectivity index (χ4v) is 3.25. The van der Waals surface area contributed by atoms with Gasteiger partial charge in [0.25, 0.3) is 11.8 Å². The Labute approximate surface area is 161 Å².